The Labute approximate surface area is 257 Å². The molecule has 1 aliphatic rings. The van der Waals surface area contributed by atoms with Crippen molar-refractivity contribution in [1.82, 2.24) is 34.2 Å². The van der Waals surface area contributed by atoms with E-state index in [1.165, 1.54) is 39.4 Å². The summed E-state index contributed by atoms with van der Waals surface area (Å²) in [5.41, 5.74) is 1.20. The van der Waals surface area contributed by atoms with E-state index in [2.05, 4.69) is 25.4 Å². The number of benzene rings is 1. The molecule has 1 saturated heterocycles. The summed E-state index contributed by atoms with van der Waals surface area (Å²) in [4.78, 5) is 35.8. The first kappa shape index (κ1) is 31.3. The molecule has 0 bridgehead atoms. The number of thioether (sulfide) groups is 1. The summed E-state index contributed by atoms with van der Waals surface area (Å²) < 4.78 is 39.8. The number of hydrogen-bond donors (Lipinski definition) is 1. The molecular weight excluding hydrogens is 594 g/mol. The van der Waals surface area contributed by atoms with Gasteiger partial charge in [-0.25, -0.2) is 9.50 Å². The second-order valence-corrected chi connectivity index (χ2v) is 12.1. The highest BCUT2D eigenvalue weighted by Crippen LogP contribution is 2.39. The molecule has 0 atom stereocenters. The Balaban J connectivity index is 1.46. The van der Waals surface area contributed by atoms with E-state index in [4.69, 9.17) is 9.47 Å². The molecule has 0 spiro atoms. The molecule has 5 rings (SSSR count). The Morgan fingerprint density at radius 1 is 1.16 bits per heavy atom. The number of rotatable bonds is 12. The lowest BCUT2D eigenvalue weighted by molar-refractivity contribution is -0.133. The topological polar surface area (TPSA) is 119 Å². The van der Waals surface area contributed by atoms with Gasteiger partial charge in [-0.05, 0) is 24.3 Å². The van der Waals surface area contributed by atoms with Gasteiger partial charge in [-0.3, -0.25) is 19.2 Å². The quantitative estimate of drug-likeness (QED) is 0.234. The Bertz CT molecular complexity index is 1600. The van der Waals surface area contributed by atoms with Crippen molar-refractivity contribution in [1.29, 1.82) is 0 Å². The first-order chi connectivity index (χ1) is 21.2. The lowest BCUT2D eigenvalue weighted by Gasteiger charge is -2.34. The summed E-state index contributed by atoms with van der Waals surface area (Å²) in [5, 5.41) is 11.8. The fourth-order valence-corrected chi connectivity index (χ4v) is 5.76. The van der Waals surface area contributed by atoms with Gasteiger partial charge >= 0.3 is 6.61 Å². The number of halogens is 2. The van der Waals surface area contributed by atoms with E-state index < -0.39 is 12.5 Å². The van der Waals surface area contributed by atoms with Crippen LogP contribution in [0.5, 0.6) is 5.75 Å². The average Bonchev–Trinajstić information content (AvgIpc) is 3.60. The van der Waals surface area contributed by atoms with Gasteiger partial charge in [0, 0.05) is 74.1 Å². The smallest absolute Gasteiger partial charge is 0.387 e. The van der Waals surface area contributed by atoms with E-state index in [-0.39, 0.29) is 46.0 Å². The molecular formula is C29H34F2N8O4S. The van der Waals surface area contributed by atoms with Gasteiger partial charge in [-0.15, -0.1) is 11.8 Å². The number of amides is 2. The van der Waals surface area contributed by atoms with Crippen molar-refractivity contribution in [3.8, 4) is 17.0 Å². The van der Waals surface area contributed by atoms with Crippen molar-refractivity contribution < 1.29 is 27.8 Å². The average molecular weight is 629 g/mol. The van der Waals surface area contributed by atoms with Crippen molar-refractivity contribution in [2.45, 2.75) is 37.1 Å². The van der Waals surface area contributed by atoms with Gasteiger partial charge in [0.05, 0.1) is 18.5 Å². The van der Waals surface area contributed by atoms with Crippen molar-refractivity contribution >= 4 is 34.9 Å². The van der Waals surface area contributed by atoms with E-state index in [0.29, 0.717) is 25.3 Å². The second kappa shape index (κ2) is 14.1. The molecule has 0 saturated carbocycles. The molecule has 4 aromatic rings. The van der Waals surface area contributed by atoms with Gasteiger partial charge in [0.1, 0.15) is 23.6 Å². The van der Waals surface area contributed by atoms with Crippen molar-refractivity contribution in [2.75, 3.05) is 51.8 Å². The molecule has 15 heteroatoms. The number of aromatic nitrogens is 5. The van der Waals surface area contributed by atoms with Crippen LogP contribution >= 0.6 is 11.8 Å². The van der Waals surface area contributed by atoms with E-state index in [1.807, 2.05) is 13.8 Å². The zero-order chi connectivity index (χ0) is 31.2. The number of nitrogens with zero attached hydrogens (tertiary/aromatic N) is 7. The first-order valence-corrected chi connectivity index (χ1v) is 15.0. The molecule has 2 amide bonds. The van der Waals surface area contributed by atoms with Gasteiger partial charge in [0.15, 0.2) is 5.65 Å². The van der Waals surface area contributed by atoms with Crippen LogP contribution in [0.4, 0.5) is 14.5 Å². The monoisotopic (exact) mass is 628 g/mol. The van der Waals surface area contributed by atoms with Crippen molar-refractivity contribution in [3.05, 3.63) is 54.6 Å². The minimum absolute atomic E-state index is 0.106. The lowest BCUT2D eigenvalue weighted by Crippen LogP contribution is -2.50. The predicted octanol–water partition coefficient (Wildman–Crippen LogP) is 3.74. The van der Waals surface area contributed by atoms with Crippen LogP contribution in [0.25, 0.3) is 16.9 Å². The highest BCUT2D eigenvalue weighted by Gasteiger charge is 2.25. The predicted molar refractivity (Wildman–Crippen MR) is 161 cm³/mol. The first-order valence-electron chi connectivity index (χ1n) is 14.1. The number of piperazine rings is 1. The number of carbonyl (C=O) groups is 2. The number of alkyl halides is 2. The number of fused-ring (bicyclic) bond motifs is 1. The van der Waals surface area contributed by atoms with Crippen LogP contribution in [0.3, 0.4) is 0 Å². The summed E-state index contributed by atoms with van der Waals surface area (Å²) in [7, 11) is 1.66. The molecule has 1 aromatic carbocycles. The summed E-state index contributed by atoms with van der Waals surface area (Å²) in [6, 6.07) is 6.54. The van der Waals surface area contributed by atoms with Crippen molar-refractivity contribution in [3.63, 3.8) is 0 Å². The second-order valence-electron chi connectivity index (χ2n) is 10.4. The maximum absolute atomic E-state index is 13.5. The maximum Gasteiger partial charge on any atom is 0.387 e. The van der Waals surface area contributed by atoms with Crippen LogP contribution in [0, 0.1) is 0 Å². The third-order valence-corrected chi connectivity index (χ3v) is 7.96. The number of methoxy groups -OCH3 is 1. The standard InChI is InChI=1S/C29H34F2N8O4S/c1-19(2)44-20-5-6-24(43-29(30)31)21(15-20)26-23(34-28(41)22-16-33-39-8-4-7-32-27(22)39)17-38(35-26)18-25(40)37-11-9-36(10-12-37)13-14-42-3/h4-8,15-17,19,29H,9-14,18H2,1-3H3,(H,34,41). The Kier molecular flexibility index (Phi) is 10.1. The Morgan fingerprint density at radius 2 is 1.95 bits per heavy atom. The zero-order valence-corrected chi connectivity index (χ0v) is 25.5. The Morgan fingerprint density at radius 3 is 2.68 bits per heavy atom. The summed E-state index contributed by atoms with van der Waals surface area (Å²) >= 11 is 1.54. The lowest BCUT2D eigenvalue weighted by atomic mass is 10.1. The highest BCUT2D eigenvalue weighted by molar-refractivity contribution is 7.99. The largest absolute Gasteiger partial charge is 0.434 e. The van der Waals surface area contributed by atoms with E-state index in [0.717, 1.165) is 24.5 Å². The molecule has 0 radical (unpaired) electrons. The third kappa shape index (κ3) is 7.52. The molecule has 1 aliphatic heterocycles. The molecule has 1 N–H and O–H groups in total. The van der Waals surface area contributed by atoms with Gasteiger partial charge in [0.25, 0.3) is 5.91 Å². The van der Waals surface area contributed by atoms with Gasteiger partial charge in [-0.2, -0.15) is 19.0 Å². The molecule has 4 heterocycles. The number of anilines is 1. The molecule has 3 aromatic heterocycles. The molecule has 0 aliphatic carbocycles. The van der Waals surface area contributed by atoms with Crippen LogP contribution < -0.4 is 10.1 Å². The van der Waals surface area contributed by atoms with Crippen LogP contribution in [0.15, 0.2) is 53.9 Å². The number of nitrogens with one attached hydrogen (secondary N) is 1. The van der Waals surface area contributed by atoms with Crippen LogP contribution in [0.1, 0.15) is 24.2 Å². The zero-order valence-electron chi connectivity index (χ0n) is 24.7. The normalized spacial score (nSPS) is 14.1. The van der Waals surface area contributed by atoms with E-state index in [9.17, 15) is 18.4 Å². The molecule has 0 unspecified atom stereocenters. The molecule has 44 heavy (non-hydrogen) atoms. The summed E-state index contributed by atoms with van der Waals surface area (Å²) in [5.74, 6) is -0.782. The van der Waals surface area contributed by atoms with Gasteiger partial charge in [-0.1, -0.05) is 13.8 Å². The van der Waals surface area contributed by atoms with E-state index >= 15 is 0 Å². The number of ether oxygens (including phenoxy) is 2. The van der Waals surface area contributed by atoms with Gasteiger partial charge in [0.2, 0.25) is 5.91 Å². The van der Waals surface area contributed by atoms with Gasteiger partial charge < -0.3 is 19.7 Å². The van der Waals surface area contributed by atoms with Crippen molar-refractivity contribution in [2.24, 2.45) is 0 Å². The number of carbonyl (C=O) groups excluding carboxylic acids is 2. The van der Waals surface area contributed by atoms with Crippen LogP contribution in [-0.4, -0.2) is 104 Å². The SMILES string of the molecule is COCCN1CCN(C(=O)Cn2cc(NC(=O)c3cnn4cccnc34)c(-c3cc(SC(C)C)ccc3OC(F)F)n2)CC1. The van der Waals surface area contributed by atoms with E-state index in [1.54, 1.807) is 42.6 Å². The minimum Gasteiger partial charge on any atom is -0.434 e. The minimum atomic E-state index is -3.08. The Hall–Kier alpha value is -4.08. The molecule has 234 valence electrons. The third-order valence-electron chi connectivity index (χ3n) is 6.96. The van der Waals surface area contributed by atoms with Crippen LogP contribution in [-0.2, 0) is 16.1 Å². The summed E-state index contributed by atoms with van der Waals surface area (Å²) in [6.07, 6.45) is 6.12. The molecule has 12 nitrogen and oxygen atoms in total. The van der Waals surface area contributed by atoms with Crippen LogP contribution in [0.2, 0.25) is 0 Å². The summed E-state index contributed by atoms with van der Waals surface area (Å²) in [6.45, 7) is 4.83. The highest BCUT2D eigenvalue weighted by atomic mass is 32.2. The fourth-order valence-electron chi connectivity index (χ4n) is 4.89. The molecule has 1 fully saturated rings. The fraction of sp³-hybridized carbons (Fsp3) is 0.414. The maximum atomic E-state index is 13.5. The number of hydrogen-bond acceptors (Lipinski definition) is 9.